The number of pyridine rings is 1. The molecule has 118 valence electrons. The van der Waals surface area contributed by atoms with Gasteiger partial charge in [0, 0.05) is 25.7 Å². The van der Waals surface area contributed by atoms with E-state index in [9.17, 15) is 14.4 Å². The van der Waals surface area contributed by atoms with Gasteiger partial charge in [0.05, 0.1) is 0 Å². The molecule has 1 saturated heterocycles. The molecule has 8 nitrogen and oxygen atoms in total. The quantitative estimate of drug-likeness (QED) is 0.568. The maximum Gasteiger partial charge on any atom is 0.322 e. The standard InChI is InChI=1S/C14H19N5O3/c1-9-4-5-15-11(8-9)16-6-7-17-13(21)10-2-3-12(20)19-14(22)18-10/h4-5,8,10H,2-3,6-7H2,1H3,(H,15,16)(H,17,21)(H2,18,19,20,22)/t10-/m0/s1. The van der Waals surface area contributed by atoms with Crippen LogP contribution < -0.4 is 21.3 Å². The van der Waals surface area contributed by atoms with Gasteiger partial charge in [-0.25, -0.2) is 9.78 Å². The molecule has 22 heavy (non-hydrogen) atoms. The average Bonchev–Trinajstić information content (AvgIpc) is 2.64. The monoisotopic (exact) mass is 305 g/mol. The van der Waals surface area contributed by atoms with Crippen molar-refractivity contribution < 1.29 is 14.4 Å². The fourth-order valence-corrected chi connectivity index (χ4v) is 2.06. The second-order valence-corrected chi connectivity index (χ2v) is 5.05. The Labute approximate surface area is 128 Å². The lowest BCUT2D eigenvalue weighted by Crippen LogP contribution is -2.48. The third-order valence-electron chi connectivity index (χ3n) is 3.18. The zero-order valence-corrected chi connectivity index (χ0v) is 12.3. The van der Waals surface area contributed by atoms with Crippen LogP contribution >= 0.6 is 0 Å². The molecule has 0 aliphatic carbocycles. The number of anilines is 1. The molecule has 0 bridgehead atoms. The fraction of sp³-hybridized carbons (Fsp3) is 0.429. The minimum absolute atomic E-state index is 0.141. The number of hydrogen-bond acceptors (Lipinski definition) is 5. The Bertz CT molecular complexity index is 575. The number of rotatable bonds is 5. The van der Waals surface area contributed by atoms with E-state index in [2.05, 4.69) is 26.3 Å². The van der Waals surface area contributed by atoms with Crippen LogP contribution in [0.3, 0.4) is 0 Å². The lowest BCUT2D eigenvalue weighted by molar-refractivity contribution is -0.123. The van der Waals surface area contributed by atoms with Gasteiger partial charge in [0.1, 0.15) is 11.9 Å². The van der Waals surface area contributed by atoms with E-state index >= 15 is 0 Å². The molecular weight excluding hydrogens is 286 g/mol. The molecule has 0 saturated carbocycles. The molecule has 1 atom stereocenters. The molecule has 0 radical (unpaired) electrons. The average molecular weight is 305 g/mol. The fourth-order valence-electron chi connectivity index (χ4n) is 2.06. The smallest absolute Gasteiger partial charge is 0.322 e. The van der Waals surface area contributed by atoms with Gasteiger partial charge >= 0.3 is 6.03 Å². The molecule has 4 amide bonds. The van der Waals surface area contributed by atoms with Gasteiger partial charge in [0.25, 0.3) is 0 Å². The first-order valence-electron chi connectivity index (χ1n) is 7.09. The SMILES string of the molecule is Cc1ccnc(NCCNC(=O)[C@@H]2CCC(=O)NC(=O)N2)c1. The molecule has 2 rings (SSSR count). The van der Waals surface area contributed by atoms with E-state index in [0.717, 1.165) is 11.4 Å². The lowest BCUT2D eigenvalue weighted by Gasteiger charge is -2.15. The number of hydrogen-bond donors (Lipinski definition) is 4. The summed E-state index contributed by atoms with van der Waals surface area (Å²) in [5.74, 6) is 0.0654. The van der Waals surface area contributed by atoms with Crippen LogP contribution in [0.1, 0.15) is 18.4 Å². The first kappa shape index (κ1) is 15.7. The van der Waals surface area contributed by atoms with Gasteiger partial charge < -0.3 is 16.0 Å². The number of aryl methyl sites for hydroxylation is 1. The summed E-state index contributed by atoms with van der Waals surface area (Å²) in [6, 6.07) is 2.48. The third-order valence-corrected chi connectivity index (χ3v) is 3.18. The highest BCUT2D eigenvalue weighted by Crippen LogP contribution is 2.04. The summed E-state index contributed by atoms with van der Waals surface area (Å²) in [4.78, 5) is 38.6. The van der Waals surface area contributed by atoms with E-state index in [1.807, 2.05) is 19.1 Å². The minimum atomic E-state index is -0.691. The van der Waals surface area contributed by atoms with E-state index in [-0.39, 0.29) is 24.7 Å². The van der Waals surface area contributed by atoms with Gasteiger partial charge in [-0.2, -0.15) is 0 Å². The van der Waals surface area contributed by atoms with Crippen molar-refractivity contribution in [3.63, 3.8) is 0 Å². The zero-order chi connectivity index (χ0) is 15.9. The number of nitrogens with one attached hydrogen (secondary N) is 4. The van der Waals surface area contributed by atoms with Crippen molar-refractivity contribution in [1.82, 2.24) is 20.9 Å². The summed E-state index contributed by atoms with van der Waals surface area (Å²) in [6.45, 7) is 2.88. The second-order valence-electron chi connectivity index (χ2n) is 5.05. The predicted octanol–water partition coefficient (Wildman–Crippen LogP) is -0.0937. The van der Waals surface area contributed by atoms with Crippen LogP contribution in [0.15, 0.2) is 18.3 Å². The van der Waals surface area contributed by atoms with Crippen molar-refractivity contribution in [3.8, 4) is 0 Å². The molecule has 2 heterocycles. The van der Waals surface area contributed by atoms with Crippen molar-refractivity contribution in [2.24, 2.45) is 0 Å². The second kappa shape index (κ2) is 7.39. The van der Waals surface area contributed by atoms with Crippen LogP contribution in [0.5, 0.6) is 0 Å². The number of imide groups is 1. The molecule has 1 aliphatic heterocycles. The normalized spacial score (nSPS) is 18.0. The number of urea groups is 1. The topological polar surface area (TPSA) is 112 Å². The van der Waals surface area contributed by atoms with Gasteiger partial charge in [-0.05, 0) is 31.0 Å². The summed E-state index contributed by atoms with van der Waals surface area (Å²) in [5.41, 5.74) is 1.10. The Morgan fingerprint density at radius 3 is 3.00 bits per heavy atom. The van der Waals surface area contributed by atoms with E-state index in [4.69, 9.17) is 0 Å². The van der Waals surface area contributed by atoms with Gasteiger partial charge in [0.15, 0.2) is 0 Å². The van der Waals surface area contributed by atoms with Crippen LogP contribution in [-0.4, -0.2) is 42.0 Å². The molecule has 1 aromatic rings. The highest BCUT2D eigenvalue weighted by Gasteiger charge is 2.25. The molecule has 1 aliphatic rings. The molecule has 4 N–H and O–H groups in total. The lowest BCUT2D eigenvalue weighted by atomic mass is 10.1. The van der Waals surface area contributed by atoms with Crippen LogP contribution in [-0.2, 0) is 9.59 Å². The van der Waals surface area contributed by atoms with E-state index in [0.29, 0.717) is 13.1 Å². The molecule has 0 unspecified atom stereocenters. The van der Waals surface area contributed by atoms with Crippen molar-refractivity contribution in [2.45, 2.75) is 25.8 Å². The Morgan fingerprint density at radius 2 is 2.23 bits per heavy atom. The van der Waals surface area contributed by atoms with Gasteiger partial charge in [-0.3, -0.25) is 14.9 Å². The van der Waals surface area contributed by atoms with Crippen LogP contribution in [0.25, 0.3) is 0 Å². The molecule has 1 fully saturated rings. The molecular formula is C14H19N5O3. The first-order valence-corrected chi connectivity index (χ1v) is 7.09. The summed E-state index contributed by atoms with van der Waals surface area (Å²) >= 11 is 0. The summed E-state index contributed by atoms with van der Waals surface area (Å²) < 4.78 is 0. The highest BCUT2D eigenvalue weighted by atomic mass is 16.2. The predicted molar refractivity (Wildman–Crippen MR) is 80.2 cm³/mol. The minimum Gasteiger partial charge on any atom is -0.368 e. The van der Waals surface area contributed by atoms with Gasteiger partial charge in [-0.1, -0.05) is 0 Å². The van der Waals surface area contributed by atoms with Crippen LogP contribution in [0, 0.1) is 6.92 Å². The Morgan fingerprint density at radius 1 is 1.41 bits per heavy atom. The number of carbonyl (C=O) groups is 3. The largest absolute Gasteiger partial charge is 0.368 e. The molecule has 0 aromatic carbocycles. The Kier molecular flexibility index (Phi) is 5.29. The maximum absolute atomic E-state index is 12.0. The highest BCUT2D eigenvalue weighted by molar-refractivity contribution is 5.98. The van der Waals surface area contributed by atoms with E-state index < -0.39 is 12.1 Å². The van der Waals surface area contributed by atoms with Crippen molar-refractivity contribution in [2.75, 3.05) is 18.4 Å². The van der Waals surface area contributed by atoms with E-state index in [1.165, 1.54) is 0 Å². The summed E-state index contributed by atoms with van der Waals surface area (Å²) in [7, 11) is 0. The number of amides is 4. The first-order chi connectivity index (χ1) is 10.5. The van der Waals surface area contributed by atoms with Gasteiger partial charge in [-0.15, -0.1) is 0 Å². The maximum atomic E-state index is 12.0. The van der Waals surface area contributed by atoms with Crippen molar-refractivity contribution in [1.29, 1.82) is 0 Å². The molecule has 0 spiro atoms. The Hall–Kier alpha value is -2.64. The van der Waals surface area contributed by atoms with Crippen molar-refractivity contribution in [3.05, 3.63) is 23.9 Å². The van der Waals surface area contributed by atoms with Crippen molar-refractivity contribution >= 4 is 23.7 Å². The van der Waals surface area contributed by atoms with E-state index in [1.54, 1.807) is 6.20 Å². The number of carbonyl (C=O) groups excluding carboxylic acids is 3. The Balaban J connectivity index is 1.73. The number of aromatic nitrogens is 1. The van der Waals surface area contributed by atoms with Crippen LogP contribution in [0.4, 0.5) is 10.6 Å². The molecule has 8 heteroatoms. The number of nitrogens with zero attached hydrogens (tertiary/aromatic N) is 1. The van der Waals surface area contributed by atoms with Crippen LogP contribution in [0.2, 0.25) is 0 Å². The molecule has 1 aromatic heterocycles. The zero-order valence-electron chi connectivity index (χ0n) is 12.3. The third kappa shape index (κ3) is 4.72. The summed E-state index contributed by atoms with van der Waals surface area (Å²) in [6.07, 6.45) is 2.14. The summed E-state index contributed by atoms with van der Waals surface area (Å²) in [5, 5.41) is 10.4. The van der Waals surface area contributed by atoms with Gasteiger partial charge in [0.2, 0.25) is 11.8 Å².